The first-order valence-electron chi connectivity index (χ1n) is 9.64. The highest BCUT2D eigenvalue weighted by Crippen LogP contribution is 2.35. The summed E-state index contributed by atoms with van der Waals surface area (Å²) in [6.45, 7) is 0. The molecule has 0 spiro atoms. The Bertz CT molecular complexity index is 1220. The van der Waals surface area contributed by atoms with E-state index in [1.165, 1.54) is 0 Å². The second-order valence-corrected chi connectivity index (χ2v) is 6.97. The van der Waals surface area contributed by atoms with Crippen LogP contribution in [-0.4, -0.2) is 9.55 Å². The zero-order valence-electron chi connectivity index (χ0n) is 16.2. The number of benzene rings is 3. The molecule has 0 atom stereocenters. The molecule has 0 saturated heterocycles. The topological polar surface area (TPSA) is 24.9 Å². The molecule has 2 heterocycles. The van der Waals surface area contributed by atoms with Crippen LogP contribution in [0, 0.1) is 0 Å². The summed E-state index contributed by atoms with van der Waals surface area (Å²) in [5.74, 6) is 0. The molecule has 2 aromatic heterocycles. The van der Waals surface area contributed by atoms with E-state index in [1.54, 1.807) is 0 Å². The number of para-hydroxylation sites is 2. The van der Waals surface area contributed by atoms with E-state index in [4.69, 9.17) is 0 Å². The monoisotopic (exact) mass is 377 g/mol. The van der Waals surface area contributed by atoms with Crippen LogP contribution in [0.25, 0.3) is 16.9 Å². The maximum absolute atomic E-state index is 4.51. The lowest BCUT2D eigenvalue weighted by atomic mass is 10.2. The number of aromatic nitrogens is 3. The summed E-state index contributed by atoms with van der Waals surface area (Å²) in [6, 6.07) is 33.6. The molecule has 3 aromatic carbocycles. The van der Waals surface area contributed by atoms with Gasteiger partial charge in [-0.1, -0.05) is 42.5 Å². The second-order valence-electron chi connectivity index (χ2n) is 6.97. The zero-order valence-corrected chi connectivity index (χ0v) is 16.2. The number of anilines is 3. The van der Waals surface area contributed by atoms with Gasteiger partial charge in [0.2, 0.25) is 0 Å². The van der Waals surface area contributed by atoms with Crippen LogP contribution in [0.15, 0.2) is 110 Å². The minimum atomic E-state index is 0.959. The van der Waals surface area contributed by atoms with Gasteiger partial charge in [-0.3, -0.25) is 0 Å². The van der Waals surface area contributed by atoms with Crippen molar-refractivity contribution in [2.24, 2.45) is 7.05 Å². The third-order valence-corrected chi connectivity index (χ3v) is 5.04. The van der Waals surface area contributed by atoms with Crippen LogP contribution in [0.4, 0.5) is 17.1 Å². The Hall–Kier alpha value is -3.92. The molecule has 140 valence electrons. The average Bonchev–Trinajstić information content (AvgIpc) is 3.13. The smallest absolute Gasteiger partial charge is 0.301 e. The van der Waals surface area contributed by atoms with Crippen molar-refractivity contribution in [1.29, 1.82) is 0 Å². The average molecular weight is 377 g/mol. The van der Waals surface area contributed by atoms with Gasteiger partial charge in [-0.25, -0.2) is 9.13 Å². The van der Waals surface area contributed by atoms with Gasteiger partial charge in [-0.15, -0.1) is 4.98 Å². The van der Waals surface area contributed by atoms with Gasteiger partial charge in [0.25, 0.3) is 0 Å². The molecule has 0 radical (unpaired) electrons. The molecule has 5 rings (SSSR count). The van der Waals surface area contributed by atoms with E-state index in [0.29, 0.717) is 0 Å². The van der Waals surface area contributed by atoms with Gasteiger partial charge >= 0.3 is 5.65 Å². The third kappa shape index (κ3) is 3.15. The van der Waals surface area contributed by atoms with E-state index in [-0.39, 0.29) is 0 Å². The van der Waals surface area contributed by atoms with E-state index in [2.05, 4.69) is 99.6 Å². The van der Waals surface area contributed by atoms with Crippen molar-refractivity contribution < 1.29 is 4.57 Å². The Morgan fingerprint density at radius 2 is 1.38 bits per heavy atom. The van der Waals surface area contributed by atoms with Crippen molar-refractivity contribution in [3.63, 3.8) is 0 Å². The first-order valence-corrected chi connectivity index (χ1v) is 9.64. The largest absolute Gasteiger partial charge is 0.310 e. The molecule has 0 saturated carbocycles. The molecule has 0 bridgehead atoms. The molecule has 4 nitrogen and oxygen atoms in total. The van der Waals surface area contributed by atoms with Crippen LogP contribution >= 0.6 is 0 Å². The van der Waals surface area contributed by atoms with Gasteiger partial charge in [-0.05, 0) is 48.5 Å². The molecular formula is C25H21N4+. The van der Waals surface area contributed by atoms with Gasteiger partial charge in [0.15, 0.2) is 11.8 Å². The van der Waals surface area contributed by atoms with Crippen molar-refractivity contribution in [1.82, 2.24) is 9.55 Å². The van der Waals surface area contributed by atoms with Gasteiger partial charge in [-0.2, -0.15) is 0 Å². The summed E-state index contributed by atoms with van der Waals surface area (Å²) in [5.41, 5.74) is 6.49. The van der Waals surface area contributed by atoms with Crippen molar-refractivity contribution in [2.75, 3.05) is 4.90 Å². The Morgan fingerprint density at radius 1 is 0.724 bits per heavy atom. The van der Waals surface area contributed by atoms with Crippen molar-refractivity contribution in [3.8, 4) is 5.69 Å². The Morgan fingerprint density at radius 3 is 2.07 bits per heavy atom. The van der Waals surface area contributed by atoms with E-state index >= 15 is 0 Å². The lowest BCUT2D eigenvalue weighted by Crippen LogP contribution is -2.26. The lowest BCUT2D eigenvalue weighted by molar-refractivity contribution is -0.647. The van der Waals surface area contributed by atoms with Crippen LogP contribution in [0.5, 0.6) is 0 Å². The molecule has 0 amide bonds. The highest BCUT2D eigenvalue weighted by molar-refractivity contribution is 5.78. The molecule has 4 heteroatoms. The second kappa shape index (κ2) is 7.24. The van der Waals surface area contributed by atoms with Crippen LogP contribution < -0.4 is 9.47 Å². The Kier molecular flexibility index (Phi) is 4.30. The van der Waals surface area contributed by atoms with Gasteiger partial charge in [0.1, 0.15) is 11.9 Å². The normalized spacial score (nSPS) is 10.9. The zero-order chi connectivity index (χ0) is 19.6. The molecule has 0 aliphatic heterocycles. The third-order valence-electron chi connectivity index (χ3n) is 5.04. The fourth-order valence-corrected chi connectivity index (χ4v) is 3.73. The number of rotatable bonds is 4. The summed E-state index contributed by atoms with van der Waals surface area (Å²) in [4.78, 5) is 6.78. The van der Waals surface area contributed by atoms with Crippen molar-refractivity contribution in [3.05, 3.63) is 110 Å². The SMILES string of the molecule is C[n+]1cn(-c2cccc(N(c3ccccc3)c3ccccc3)c2)c2cccnc21. The maximum atomic E-state index is 4.51. The molecule has 29 heavy (non-hydrogen) atoms. The van der Waals surface area contributed by atoms with Gasteiger partial charge in [0.05, 0.1) is 7.05 Å². The number of fused-ring (bicyclic) bond motifs is 1. The molecule has 0 fully saturated rings. The quantitative estimate of drug-likeness (QED) is 0.396. The van der Waals surface area contributed by atoms with Crippen LogP contribution in [0.3, 0.4) is 0 Å². The summed E-state index contributed by atoms with van der Waals surface area (Å²) in [5, 5.41) is 0. The Labute approximate surface area is 169 Å². The van der Waals surface area contributed by atoms with E-state index < -0.39 is 0 Å². The highest BCUT2D eigenvalue weighted by Gasteiger charge is 2.17. The van der Waals surface area contributed by atoms with Crippen LogP contribution in [0.2, 0.25) is 0 Å². The standard InChI is InChI=1S/C25H21N4/c1-27-19-28(24-16-9-17-26-25(24)27)22-14-8-15-23(18-22)29(20-10-4-2-5-11-20)21-12-6-3-7-13-21/h2-19H,1H3/q+1. The number of hydrogen-bond acceptors (Lipinski definition) is 2. The minimum absolute atomic E-state index is 0.959. The minimum Gasteiger partial charge on any atom is -0.310 e. The molecule has 0 aliphatic rings. The van der Waals surface area contributed by atoms with Crippen LogP contribution in [-0.2, 0) is 7.05 Å². The van der Waals surface area contributed by atoms with E-state index in [9.17, 15) is 0 Å². The molecular weight excluding hydrogens is 356 g/mol. The fraction of sp³-hybridized carbons (Fsp3) is 0.0400. The van der Waals surface area contributed by atoms with E-state index in [1.807, 2.05) is 36.0 Å². The van der Waals surface area contributed by atoms with E-state index in [0.717, 1.165) is 33.9 Å². The summed E-state index contributed by atoms with van der Waals surface area (Å²) < 4.78 is 4.23. The summed E-state index contributed by atoms with van der Waals surface area (Å²) in [6.07, 6.45) is 3.90. The summed E-state index contributed by atoms with van der Waals surface area (Å²) in [7, 11) is 2.02. The van der Waals surface area contributed by atoms with Crippen LogP contribution in [0.1, 0.15) is 0 Å². The first kappa shape index (κ1) is 17.2. The fourth-order valence-electron chi connectivity index (χ4n) is 3.73. The first-order chi connectivity index (χ1) is 14.3. The van der Waals surface area contributed by atoms with Crippen molar-refractivity contribution in [2.45, 2.75) is 0 Å². The number of nitrogens with zero attached hydrogens (tertiary/aromatic N) is 4. The predicted octanol–water partition coefficient (Wildman–Crippen LogP) is 5.32. The Balaban J connectivity index is 1.67. The molecule has 5 aromatic rings. The maximum Gasteiger partial charge on any atom is 0.301 e. The molecule has 0 aliphatic carbocycles. The lowest BCUT2D eigenvalue weighted by Gasteiger charge is -2.25. The van der Waals surface area contributed by atoms with Crippen molar-refractivity contribution >= 4 is 28.2 Å². The number of imidazole rings is 1. The number of hydrogen-bond donors (Lipinski definition) is 0. The number of pyridine rings is 1. The molecule has 0 N–H and O–H groups in total. The molecule has 0 unspecified atom stereocenters. The van der Waals surface area contributed by atoms with Gasteiger partial charge < -0.3 is 4.90 Å². The predicted molar refractivity (Wildman–Crippen MR) is 117 cm³/mol. The summed E-state index contributed by atoms with van der Waals surface area (Å²) >= 11 is 0. The van der Waals surface area contributed by atoms with Gasteiger partial charge in [0, 0.05) is 23.1 Å². The highest BCUT2D eigenvalue weighted by atomic mass is 15.2. The number of aryl methyl sites for hydroxylation is 1.